The Hall–Kier alpha value is -2.50. The van der Waals surface area contributed by atoms with E-state index in [4.69, 9.17) is 0 Å². The first kappa shape index (κ1) is 8.78. The van der Waals surface area contributed by atoms with Crippen LogP contribution in [0.15, 0.2) is 41.7 Å². The fourth-order valence-corrected chi connectivity index (χ4v) is 1.53. The number of aromatic amines is 1. The standard InChI is InChI=1S/C10H7N5O/c16-10-13-6-12-9-7(5-14-15(9)10)8-3-1-2-4-11-8/h1-6H,(H,12,13,16). The van der Waals surface area contributed by atoms with E-state index in [9.17, 15) is 4.79 Å². The normalized spacial score (nSPS) is 10.8. The third-order valence-corrected chi connectivity index (χ3v) is 2.25. The molecule has 3 rings (SSSR count). The molecular weight excluding hydrogens is 206 g/mol. The smallest absolute Gasteiger partial charge is 0.296 e. The van der Waals surface area contributed by atoms with Crippen LogP contribution in [-0.4, -0.2) is 24.6 Å². The van der Waals surface area contributed by atoms with E-state index in [1.807, 2.05) is 18.2 Å². The summed E-state index contributed by atoms with van der Waals surface area (Å²) in [6.45, 7) is 0. The van der Waals surface area contributed by atoms with Gasteiger partial charge in [0.05, 0.1) is 23.8 Å². The fraction of sp³-hybridized carbons (Fsp3) is 0. The van der Waals surface area contributed by atoms with Crippen LogP contribution in [0.5, 0.6) is 0 Å². The van der Waals surface area contributed by atoms with Crippen LogP contribution >= 0.6 is 0 Å². The number of hydrogen-bond donors (Lipinski definition) is 1. The van der Waals surface area contributed by atoms with Crippen LogP contribution in [0.4, 0.5) is 0 Å². The summed E-state index contributed by atoms with van der Waals surface area (Å²) in [5.41, 5.74) is 1.68. The van der Waals surface area contributed by atoms with Gasteiger partial charge in [-0.3, -0.25) is 9.97 Å². The Balaban J connectivity index is 2.34. The summed E-state index contributed by atoms with van der Waals surface area (Å²) in [4.78, 5) is 22.1. The molecule has 0 unspecified atom stereocenters. The van der Waals surface area contributed by atoms with E-state index >= 15 is 0 Å². The van der Waals surface area contributed by atoms with E-state index in [1.54, 1.807) is 12.4 Å². The Morgan fingerprint density at radius 3 is 3.00 bits per heavy atom. The Morgan fingerprint density at radius 2 is 2.19 bits per heavy atom. The van der Waals surface area contributed by atoms with Gasteiger partial charge in [0.25, 0.3) is 0 Å². The number of aromatic nitrogens is 5. The second kappa shape index (κ2) is 3.27. The second-order valence-electron chi connectivity index (χ2n) is 3.22. The number of hydrogen-bond acceptors (Lipinski definition) is 4. The highest BCUT2D eigenvalue weighted by Gasteiger charge is 2.09. The Kier molecular flexibility index (Phi) is 1.79. The summed E-state index contributed by atoms with van der Waals surface area (Å²) in [5.74, 6) is 0. The summed E-state index contributed by atoms with van der Waals surface area (Å²) in [5, 5.41) is 3.96. The number of rotatable bonds is 1. The SMILES string of the molecule is O=c1[nH]cnc2c(-c3ccccn3)cnn12. The lowest BCUT2D eigenvalue weighted by Gasteiger charge is -1.95. The van der Waals surface area contributed by atoms with E-state index < -0.39 is 0 Å². The van der Waals surface area contributed by atoms with Crippen molar-refractivity contribution in [2.24, 2.45) is 0 Å². The lowest BCUT2D eigenvalue weighted by molar-refractivity contribution is 0.840. The minimum absolute atomic E-state index is 0.313. The number of fused-ring (bicyclic) bond motifs is 1. The van der Waals surface area contributed by atoms with Crippen molar-refractivity contribution in [2.75, 3.05) is 0 Å². The molecule has 0 spiro atoms. The number of pyridine rings is 1. The van der Waals surface area contributed by atoms with Gasteiger partial charge in [-0.1, -0.05) is 6.07 Å². The first-order valence-corrected chi connectivity index (χ1v) is 4.69. The van der Waals surface area contributed by atoms with Crippen LogP contribution in [0.3, 0.4) is 0 Å². The van der Waals surface area contributed by atoms with Crippen LogP contribution in [0.25, 0.3) is 16.9 Å². The van der Waals surface area contributed by atoms with Crippen molar-refractivity contribution in [3.63, 3.8) is 0 Å². The lowest BCUT2D eigenvalue weighted by Crippen LogP contribution is -2.17. The molecule has 16 heavy (non-hydrogen) atoms. The molecule has 0 fully saturated rings. The monoisotopic (exact) mass is 213 g/mol. The van der Waals surface area contributed by atoms with Crippen LogP contribution in [0.2, 0.25) is 0 Å². The predicted octanol–water partition coefficient (Wildman–Crippen LogP) is 0.480. The Morgan fingerprint density at radius 1 is 1.25 bits per heavy atom. The van der Waals surface area contributed by atoms with Crippen LogP contribution in [-0.2, 0) is 0 Å². The third-order valence-electron chi connectivity index (χ3n) is 2.25. The number of H-pyrrole nitrogens is 1. The highest BCUT2D eigenvalue weighted by Crippen LogP contribution is 2.18. The molecule has 6 heteroatoms. The quantitative estimate of drug-likeness (QED) is 0.637. The maximum Gasteiger partial charge on any atom is 0.349 e. The molecule has 6 nitrogen and oxygen atoms in total. The molecule has 0 aliphatic rings. The van der Waals surface area contributed by atoms with Crippen molar-refractivity contribution in [3.8, 4) is 11.3 Å². The van der Waals surface area contributed by atoms with Crippen molar-refractivity contribution in [2.45, 2.75) is 0 Å². The fourth-order valence-electron chi connectivity index (χ4n) is 1.53. The lowest BCUT2D eigenvalue weighted by atomic mass is 10.2. The van der Waals surface area contributed by atoms with E-state index in [-0.39, 0.29) is 5.69 Å². The number of nitrogens with one attached hydrogen (secondary N) is 1. The zero-order chi connectivity index (χ0) is 11.0. The predicted molar refractivity (Wildman–Crippen MR) is 56.8 cm³/mol. The molecule has 78 valence electrons. The molecule has 0 aliphatic heterocycles. The van der Waals surface area contributed by atoms with Gasteiger partial charge in [0.15, 0.2) is 5.65 Å². The average Bonchev–Trinajstić information content (AvgIpc) is 2.75. The first-order valence-electron chi connectivity index (χ1n) is 4.69. The van der Waals surface area contributed by atoms with Gasteiger partial charge >= 0.3 is 5.69 Å². The molecule has 0 bridgehead atoms. The van der Waals surface area contributed by atoms with E-state index in [2.05, 4.69) is 20.1 Å². The van der Waals surface area contributed by atoms with Crippen LogP contribution < -0.4 is 5.69 Å². The summed E-state index contributed by atoms with van der Waals surface area (Å²) in [7, 11) is 0. The van der Waals surface area contributed by atoms with E-state index in [0.29, 0.717) is 5.65 Å². The maximum atomic E-state index is 11.4. The van der Waals surface area contributed by atoms with Gasteiger partial charge < -0.3 is 0 Å². The third kappa shape index (κ3) is 1.20. The molecule has 0 aromatic carbocycles. The highest BCUT2D eigenvalue weighted by molar-refractivity contribution is 5.73. The molecule has 3 aromatic heterocycles. The minimum atomic E-state index is -0.313. The summed E-state index contributed by atoms with van der Waals surface area (Å²) in [6, 6.07) is 5.55. The molecule has 0 amide bonds. The van der Waals surface area contributed by atoms with Crippen molar-refractivity contribution in [3.05, 3.63) is 47.4 Å². The molecule has 0 saturated heterocycles. The zero-order valence-corrected chi connectivity index (χ0v) is 8.16. The van der Waals surface area contributed by atoms with Gasteiger partial charge in [-0.2, -0.15) is 9.61 Å². The topological polar surface area (TPSA) is 75.9 Å². The molecule has 3 aromatic rings. The molecular formula is C10H7N5O. The zero-order valence-electron chi connectivity index (χ0n) is 8.16. The maximum absolute atomic E-state index is 11.4. The largest absolute Gasteiger partial charge is 0.349 e. The molecule has 0 saturated carbocycles. The van der Waals surface area contributed by atoms with Crippen LogP contribution in [0, 0.1) is 0 Å². The van der Waals surface area contributed by atoms with Gasteiger partial charge in [-0.25, -0.2) is 9.78 Å². The van der Waals surface area contributed by atoms with Crippen LogP contribution in [0.1, 0.15) is 0 Å². The van der Waals surface area contributed by atoms with Gasteiger partial charge in [-0.15, -0.1) is 0 Å². The van der Waals surface area contributed by atoms with E-state index in [1.165, 1.54) is 10.8 Å². The van der Waals surface area contributed by atoms with Crippen molar-refractivity contribution in [1.29, 1.82) is 0 Å². The Labute approximate surface area is 89.6 Å². The Bertz CT molecular complexity index is 685. The number of nitrogens with zero attached hydrogens (tertiary/aromatic N) is 4. The molecule has 3 heterocycles. The van der Waals surface area contributed by atoms with Crippen molar-refractivity contribution in [1.82, 2.24) is 24.6 Å². The summed E-state index contributed by atoms with van der Waals surface area (Å²) in [6.07, 6.45) is 4.62. The van der Waals surface area contributed by atoms with Gasteiger partial charge in [0.1, 0.15) is 0 Å². The highest BCUT2D eigenvalue weighted by atomic mass is 16.1. The summed E-state index contributed by atoms with van der Waals surface area (Å²) < 4.78 is 1.21. The summed E-state index contributed by atoms with van der Waals surface area (Å²) >= 11 is 0. The molecule has 0 aliphatic carbocycles. The van der Waals surface area contributed by atoms with Gasteiger partial charge in [0, 0.05) is 6.20 Å². The average molecular weight is 213 g/mol. The van der Waals surface area contributed by atoms with E-state index in [0.717, 1.165) is 11.3 Å². The molecule has 1 N–H and O–H groups in total. The van der Waals surface area contributed by atoms with Gasteiger partial charge in [-0.05, 0) is 12.1 Å². The second-order valence-corrected chi connectivity index (χ2v) is 3.22. The van der Waals surface area contributed by atoms with Crippen molar-refractivity contribution < 1.29 is 0 Å². The molecule has 0 atom stereocenters. The van der Waals surface area contributed by atoms with Gasteiger partial charge in [0.2, 0.25) is 0 Å². The minimum Gasteiger partial charge on any atom is -0.296 e. The van der Waals surface area contributed by atoms with Crippen molar-refractivity contribution >= 4 is 5.65 Å². The first-order chi connectivity index (χ1) is 7.86. The molecule has 0 radical (unpaired) electrons.